The molecule has 0 spiro atoms. The molecule has 0 fully saturated rings. The molecule has 2 aromatic rings. The molecule has 0 saturated carbocycles. The van der Waals surface area contributed by atoms with Crippen molar-refractivity contribution < 1.29 is 4.79 Å². The zero-order chi connectivity index (χ0) is 14.8. The number of amides is 1. The van der Waals surface area contributed by atoms with Gasteiger partial charge in [-0.15, -0.1) is 10.2 Å². The predicted octanol–water partition coefficient (Wildman–Crippen LogP) is 3.69. The summed E-state index contributed by atoms with van der Waals surface area (Å²) in [6.45, 7) is 8.42. The highest BCUT2D eigenvalue weighted by Crippen LogP contribution is 2.25. The number of carbonyl (C=O) groups excluding carboxylic acids is 1. The molecule has 1 amide bonds. The van der Waals surface area contributed by atoms with Crippen molar-refractivity contribution in [2.75, 3.05) is 5.32 Å². The molecule has 106 valence electrons. The Morgan fingerprint density at radius 1 is 1.30 bits per heavy atom. The van der Waals surface area contributed by atoms with E-state index in [0.29, 0.717) is 10.7 Å². The third kappa shape index (κ3) is 4.13. The molecular formula is C15H19N3OS. The Labute approximate surface area is 123 Å². The van der Waals surface area contributed by atoms with Gasteiger partial charge in [0.25, 0.3) is 5.91 Å². The van der Waals surface area contributed by atoms with Crippen LogP contribution in [0, 0.1) is 12.3 Å². The van der Waals surface area contributed by atoms with Gasteiger partial charge in [0.15, 0.2) is 0 Å². The van der Waals surface area contributed by atoms with E-state index in [0.717, 1.165) is 17.0 Å². The topological polar surface area (TPSA) is 54.9 Å². The van der Waals surface area contributed by atoms with Gasteiger partial charge in [0.05, 0.1) is 0 Å². The van der Waals surface area contributed by atoms with Gasteiger partial charge in [0.2, 0.25) is 5.13 Å². The molecule has 1 N–H and O–H groups in total. The first-order valence-electron chi connectivity index (χ1n) is 6.54. The third-order valence-corrected chi connectivity index (χ3v) is 3.49. The number of carbonyl (C=O) groups is 1. The Morgan fingerprint density at radius 3 is 2.70 bits per heavy atom. The van der Waals surface area contributed by atoms with Crippen molar-refractivity contribution in [1.29, 1.82) is 0 Å². The summed E-state index contributed by atoms with van der Waals surface area (Å²) in [6, 6.07) is 7.48. The third-order valence-electron chi connectivity index (χ3n) is 2.65. The second kappa shape index (κ2) is 5.71. The van der Waals surface area contributed by atoms with Gasteiger partial charge in [-0.25, -0.2) is 0 Å². The summed E-state index contributed by atoms with van der Waals surface area (Å²) in [5, 5.41) is 12.4. The van der Waals surface area contributed by atoms with Crippen LogP contribution in [-0.4, -0.2) is 16.1 Å². The number of rotatable bonds is 3. The van der Waals surface area contributed by atoms with Crippen LogP contribution in [0.1, 0.15) is 41.7 Å². The number of nitrogens with zero attached hydrogens (tertiary/aromatic N) is 2. The van der Waals surface area contributed by atoms with Gasteiger partial charge in [-0.05, 0) is 24.5 Å². The molecule has 0 radical (unpaired) electrons. The van der Waals surface area contributed by atoms with Crippen LogP contribution < -0.4 is 5.32 Å². The van der Waals surface area contributed by atoms with Crippen molar-refractivity contribution in [3.8, 4) is 0 Å². The Morgan fingerprint density at radius 2 is 2.05 bits per heavy atom. The van der Waals surface area contributed by atoms with E-state index < -0.39 is 0 Å². The molecule has 2 rings (SSSR count). The number of nitrogens with one attached hydrogen (secondary N) is 1. The highest BCUT2D eigenvalue weighted by Gasteiger charge is 2.16. The monoisotopic (exact) mass is 289 g/mol. The van der Waals surface area contributed by atoms with E-state index in [9.17, 15) is 4.79 Å². The summed E-state index contributed by atoms with van der Waals surface area (Å²) in [6.07, 6.45) is 0.852. The Balaban J connectivity index is 2.05. The molecule has 0 aliphatic rings. The lowest BCUT2D eigenvalue weighted by molar-refractivity contribution is 0.102. The second-order valence-corrected chi connectivity index (χ2v) is 7.12. The van der Waals surface area contributed by atoms with Gasteiger partial charge in [-0.2, -0.15) is 0 Å². The van der Waals surface area contributed by atoms with E-state index in [-0.39, 0.29) is 11.3 Å². The van der Waals surface area contributed by atoms with Gasteiger partial charge in [0.1, 0.15) is 5.01 Å². The van der Waals surface area contributed by atoms with Crippen LogP contribution in [0.3, 0.4) is 0 Å². The maximum Gasteiger partial charge on any atom is 0.257 e. The number of anilines is 1. The van der Waals surface area contributed by atoms with E-state index in [2.05, 4.69) is 36.3 Å². The Bertz CT molecular complexity index is 614. The summed E-state index contributed by atoms with van der Waals surface area (Å²) < 4.78 is 0. The minimum absolute atomic E-state index is 0.146. The van der Waals surface area contributed by atoms with Crippen molar-refractivity contribution in [1.82, 2.24) is 10.2 Å². The summed E-state index contributed by atoms with van der Waals surface area (Å²) in [5.41, 5.74) is 1.86. The molecule has 0 bridgehead atoms. The Kier molecular flexibility index (Phi) is 4.18. The normalized spacial score (nSPS) is 11.4. The van der Waals surface area contributed by atoms with E-state index in [1.165, 1.54) is 11.3 Å². The number of hydrogen-bond donors (Lipinski definition) is 1. The van der Waals surface area contributed by atoms with Gasteiger partial charge >= 0.3 is 0 Å². The molecule has 5 heteroatoms. The standard InChI is InChI=1S/C15H19N3OS/c1-10-6-5-7-11(8-10)13(19)16-14-18-17-12(20-14)9-15(2,3)4/h5-8H,9H2,1-4H3,(H,16,18,19). The molecular weight excluding hydrogens is 270 g/mol. The van der Waals surface area contributed by atoms with E-state index in [1.54, 1.807) is 6.07 Å². The van der Waals surface area contributed by atoms with Crippen LogP contribution in [0.5, 0.6) is 0 Å². The first kappa shape index (κ1) is 14.7. The quantitative estimate of drug-likeness (QED) is 0.937. The first-order chi connectivity index (χ1) is 9.33. The van der Waals surface area contributed by atoms with Crippen LogP contribution >= 0.6 is 11.3 Å². The zero-order valence-corrected chi connectivity index (χ0v) is 13.0. The summed E-state index contributed by atoms with van der Waals surface area (Å²) in [7, 11) is 0. The molecule has 0 aliphatic carbocycles. The first-order valence-corrected chi connectivity index (χ1v) is 7.35. The lowest BCUT2D eigenvalue weighted by Crippen LogP contribution is -2.11. The fourth-order valence-electron chi connectivity index (χ4n) is 1.78. The highest BCUT2D eigenvalue weighted by molar-refractivity contribution is 7.15. The van der Waals surface area contributed by atoms with Crippen LogP contribution in [0.15, 0.2) is 24.3 Å². The van der Waals surface area contributed by atoms with Gasteiger partial charge in [-0.1, -0.05) is 49.8 Å². The van der Waals surface area contributed by atoms with Crippen LogP contribution in [0.4, 0.5) is 5.13 Å². The Hall–Kier alpha value is -1.75. The van der Waals surface area contributed by atoms with Crippen LogP contribution in [-0.2, 0) is 6.42 Å². The summed E-state index contributed by atoms with van der Waals surface area (Å²) in [5.74, 6) is -0.146. The van der Waals surface area contributed by atoms with Crippen molar-refractivity contribution in [3.05, 3.63) is 40.4 Å². The van der Waals surface area contributed by atoms with Gasteiger partial charge in [0, 0.05) is 12.0 Å². The highest BCUT2D eigenvalue weighted by atomic mass is 32.1. The molecule has 0 aliphatic heterocycles. The number of hydrogen-bond acceptors (Lipinski definition) is 4. The second-order valence-electron chi connectivity index (χ2n) is 6.06. The van der Waals surface area contributed by atoms with Crippen LogP contribution in [0.25, 0.3) is 0 Å². The average molecular weight is 289 g/mol. The van der Waals surface area contributed by atoms with Gasteiger partial charge in [-0.3, -0.25) is 10.1 Å². The molecule has 1 aromatic carbocycles. The molecule has 0 atom stereocenters. The lowest BCUT2D eigenvalue weighted by Gasteiger charge is -2.14. The lowest BCUT2D eigenvalue weighted by atomic mass is 9.93. The predicted molar refractivity (Wildman–Crippen MR) is 82.2 cm³/mol. The van der Waals surface area contributed by atoms with E-state index in [4.69, 9.17) is 0 Å². The maximum absolute atomic E-state index is 12.1. The van der Waals surface area contributed by atoms with Crippen molar-refractivity contribution >= 4 is 22.4 Å². The molecule has 1 aromatic heterocycles. The van der Waals surface area contributed by atoms with E-state index >= 15 is 0 Å². The molecule has 4 nitrogen and oxygen atoms in total. The van der Waals surface area contributed by atoms with Crippen molar-refractivity contribution in [2.45, 2.75) is 34.1 Å². The summed E-state index contributed by atoms with van der Waals surface area (Å²) in [4.78, 5) is 12.1. The van der Waals surface area contributed by atoms with Gasteiger partial charge < -0.3 is 0 Å². The minimum Gasteiger partial charge on any atom is -0.296 e. The number of aryl methyl sites for hydroxylation is 1. The van der Waals surface area contributed by atoms with Crippen molar-refractivity contribution in [2.24, 2.45) is 5.41 Å². The largest absolute Gasteiger partial charge is 0.296 e. The van der Waals surface area contributed by atoms with E-state index in [1.807, 2.05) is 25.1 Å². The van der Waals surface area contributed by atoms with Crippen LogP contribution in [0.2, 0.25) is 0 Å². The molecule has 20 heavy (non-hydrogen) atoms. The summed E-state index contributed by atoms with van der Waals surface area (Å²) >= 11 is 1.43. The van der Waals surface area contributed by atoms with Crippen molar-refractivity contribution in [3.63, 3.8) is 0 Å². The fourth-order valence-corrected chi connectivity index (χ4v) is 2.82. The molecule has 1 heterocycles. The smallest absolute Gasteiger partial charge is 0.257 e. The fraction of sp³-hybridized carbons (Fsp3) is 0.400. The zero-order valence-electron chi connectivity index (χ0n) is 12.2. The molecule has 0 unspecified atom stereocenters. The minimum atomic E-state index is -0.146. The maximum atomic E-state index is 12.1. The average Bonchev–Trinajstić information content (AvgIpc) is 2.74. The number of aromatic nitrogens is 2. The SMILES string of the molecule is Cc1cccc(C(=O)Nc2nnc(CC(C)(C)C)s2)c1. The number of benzene rings is 1. The molecule has 0 saturated heterocycles.